The number of imide groups is 1. The average molecular weight is 478 g/mol. The van der Waals surface area contributed by atoms with Crippen LogP contribution in [0, 0.1) is 10.1 Å². The Bertz CT molecular complexity index is 1290. The maximum atomic E-state index is 12.8. The lowest BCUT2D eigenvalue weighted by Crippen LogP contribution is -2.27. The third-order valence-electron chi connectivity index (χ3n) is 4.94. The van der Waals surface area contributed by atoms with Gasteiger partial charge in [0.1, 0.15) is 11.5 Å². The molecule has 1 fully saturated rings. The molecule has 1 saturated heterocycles. The summed E-state index contributed by atoms with van der Waals surface area (Å²) in [5.41, 5.74) is 1.70. The fourth-order valence-corrected chi connectivity index (χ4v) is 4.06. The summed E-state index contributed by atoms with van der Waals surface area (Å²) in [5.74, 6) is 0.0563. The number of hydrogen-bond donors (Lipinski definition) is 0. The molecule has 0 bridgehead atoms. The number of esters is 1. The number of benzene rings is 2. The highest BCUT2D eigenvalue weighted by Gasteiger charge is 2.35. The summed E-state index contributed by atoms with van der Waals surface area (Å²) in [4.78, 5) is 48.5. The molecule has 0 unspecified atom stereocenters. The number of nitrogens with zero attached hydrogens (tertiary/aromatic N) is 2. The maximum Gasteiger partial charge on any atom is 0.338 e. The van der Waals surface area contributed by atoms with Crippen molar-refractivity contribution in [3.63, 3.8) is 0 Å². The first-order valence-corrected chi connectivity index (χ1v) is 11.0. The van der Waals surface area contributed by atoms with Crippen molar-refractivity contribution in [1.82, 2.24) is 4.90 Å². The van der Waals surface area contributed by atoms with Crippen LogP contribution in [0.15, 0.2) is 70.0 Å². The van der Waals surface area contributed by atoms with Crippen LogP contribution in [0.1, 0.15) is 28.6 Å². The molecule has 2 amide bonds. The summed E-state index contributed by atoms with van der Waals surface area (Å²) in [5, 5.41) is 10.4. The Labute approximate surface area is 198 Å². The zero-order valence-electron chi connectivity index (χ0n) is 17.9. The highest BCUT2D eigenvalue weighted by atomic mass is 32.2. The van der Waals surface area contributed by atoms with E-state index in [1.165, 1.54) is 30.3 Å². The van der Waals surface area contributed by atoms with Crippen LogP contribution in [-0.2, 0) is 16.1 Å². The topological polar surface area (TPSA) is 120 Å². The van der Waals surface area contributed by atoms with E-state index in [1.807, 2.05) is 0 Å². The molecule has 9 nitrogen and oxygen atoms in total. The first-order valence-electron chi connectivity index (χ1n) is 10.2. The molecule has 0 atom stereocenters. The maximum absolute atomic E-state index is 12.8. The molecule has 0 aliphatic carbocycles. The lowest BCUT2D eigenvalue weighted by atomic mass is 10.1. The zero-order valence-corrected chi connectivity index (χ0v) is 18.7. The molecule has 1 aliphatic rings. The van der Waals surface area contributed by atoms with Gasteiger partial charge in [0, 0.05) is 23.8 Å². The number of nitro groups is 1. The quantitative estimate of drug-likeness (QED) is 0.195. The SMILES string of the molecule is CCOC(=O)c1ccc(-c2ccc(/C=C3\SC(=O)N(Cc4ccc([N+](=O)[O-])cc4)C3=O)o2)cc1. The van der Waals surface area contributed by atoms with Gasteiger partial charge in [-0.3, -0.25) is 24.6 Å². The van der Waals surface area contributed by atoms with Gasteiger partial charge in [-0.1, -0.05) is 24.3 Å². The van der Waals surface area contributed by atoms with Gasteiger partial charge in [-0.15, -0.1) is 0 Å². The van der Waals surface area contributed by atoms with Crippen LogP contribution in [0.3, 0.4) is 0 Å². The Morgan fingerprint density at radius 2 is 1.79 bits per heavy atom. The van der Waals surface area contributed by atoms with Crippen LogP contribution in [0.4, 0.5) is 10.5 Å². The Hall–Kier alpha value is -4.18. The second-order valence-electron chi connectivity index (χ2n) is 7.19. The minimum absolute atomic E-state index is 0.0101. The molecule has 0 N–H and O–H groups in total. The van der Waals surface area contributed by atoms with Crippen LogP contribution in [0.2, 0.25) is 0 Å². The van der Waals surface area contributed by atoms with Crippen molar-refractivity contribution in [2.75, 3.05) is 6.61 Å². The summed E-state index contributed by atoms with van der Waals surface area (Å²) in [6.45, 7) is 2.04. The average Bonchev–Trinajstić information content (AvgIpc) is 3.40. The number of rotatable bonds is 7. The van der Waals surface area contributed by atoms with Crippen molar-refractivity contribution < 1.29 is 28.5 Å². The Morgan fingerprint density at radius 3 is 2.44 bits per heavy atom. The fourth-order valence-electron chi connectivity index (χ4n) is 3.24. The van der Waals surface area contributed by atoms with E-state index >= 15 is 0 Å². The van der Waals surface area contributed by atoms with Crippen molar-refractivity contribution >= 4 is 40.6 Å². The van der Waals surface area contributed by atoms with Gasteiger partial charge in [-0.05, 0) is 48.5 Å². The number of hydrogen-bond acceptors (Lipinski definition) is 8. The Balaban J connectivity index is 1.46. The molecule has 1 aliphatic heterocycles. The Morgan fingerprint density at radius 1 is 1.09 bits per heavy atom. The molecule has 0 saturated carbocycles. The summed E-state index contributed by atoms with van der Waals surface area (Å²) >= 11 is 0.798. The molecular formula is C24H18N2O7S. The third kappa shape index (κ3) is 4.91. The van der Waals surface area contributed by atoms with E-state index < -0.39 is 22.0 Å². The molecule has 0 spiro atoms. The number of ether oxygens (including phenoxy) is 1. The van der Waals surface area contributed by atoms with Crippen LogP contribution in [0.25, 0.3) is 17.4 Å². The van der Waals surface area contributed by atoms with E-state index in [2.05, 4.69) is 0 Å². The van der Waals surface area contributed by atoms with E-state index in [9.17, 15) is 24.5 Å². The summed E-state index contributed by atoms with van der Waals surface area (Å²) in [6, 6.07) is 15.8. The number of thioether (sulfide) groups is 1. The van der Waals surface area contributed by atoms with Crippen LogP contribution in [0.5, 0.6) is 0 Å². The van der Waals surface area contributed by atoms with Gasteiger partial charge in [0.25, 0.3) is 16.8 Å². The molecule has 2 heterocycles. The third-order valence-corrected chi connectivity index (χ3v) is 5.85. The first kappa shape index (κ1) is 23.0. The van der Waals surface area contributed by atoms with E-state index in [0.29, 0.717) is 29.3 Å². The Kier molecular flexibility index (Phi) is 6.60. The highest BCUT2D eigenvalue weighted by molar-refractivity contribution is 8.18. The van der Waals surface area contributed by atoms with Gasteiger partial charge in [-0.2, -0.15) is 0 Å². The van der Waals surface area contributed by atoms with Gasteiger partial charge in [-0.25, -0.2) is 4.79 Å². The minimum Gasteiger partial charge on any atom is -0.462 e. The van der Waals surface area contributed by atoms with Gasteiger partial charge < -0.3 is 9.15 Å². The zero-order chi connectivity index (χ0) is 24.2. The number of nitro benzene ring substituents is 1. The van der Waals surface area contributed by atoms with Gasteiger partial charge >= 0.3 is 5.97 Å². The lowest BCUT2D eigenvalue weighted by molar-refractivity contribution is -0.384. The second kappa shape index (κ2) is 9.75. The van der Waals surface area contributed by atoms with Crippen LogP contribution < -0.4 is 0 Å². The van der Waals surface area contributed by atoms with Gasteiger partial charge in [0.05, 0.1) is 28.5 Å². The molecule has 0 radical (unpaired) electrons. The first-order chi connectivity index (χ1) is 16.4. The second-order valence-corrected chi connectivity index (χ2v) is 8.18. The van der Waals surface area contributed by atoms with Crippen LogP contribution >= 0.6 is 11.8 Å². The summed E-state index contributed by atoms with van der Waals surface area (Å²) in [6.07, 6.45) is 1.50. The van der Waals surface area contributed by atoms with Gasteiger partial charge in [0.2, 0.25) is 0 Å². The minimum atomic E-state index is -0.515. The van der Waals surface area contributed by atoms with Crippen molar-refractivity contribution in [2.24, 2.45) is 0 Å². The normalized spacial score (nSPS) is 14.6. The summed E-state index contributed by atoms with van der Waals surface area (Å²) < 4.78 is 10.8. The van der Waals surface area contributed by atoms with Crippen LogP contribution in [-0.4, -0.2) is 33.5 Å². The van der Waals surface area contributed by atoms with Crippen molar-refractivity contribution in [3.05, 3.63) is 92.6 Å². The van der Waals surface area contributed by atoms with E-state index in [1.54, 1.807) is 43.3 Å². The fraction of sp³-hybridized carbons (Fsp3) is 0.125. The van der Waals surface area contributed by atoms with Gasteiger partial charge in [0.15, 0.2) is 0 Å². The number of amides is 2. The largest absolute Gasteiger partial charge is 0.462 e. The summed E-state index contributed by atoms with van der Waals surface area (Å²) in [7, 11) is 0. The molecule has 2 aromatic carbocycles. The van der Waals surface area contributed by atoms with Crippen molar-refractivity contribution in [3.8, 4) is 11.3 Å². The van der Waals surface area contributed by atoms with Crippen molar-refractivity contribution in [1.29, 1.82) is 0 Å². The number of furan rings is 1. The van der Waals surface area contributed by atoms with E-state index in [4.69, 9.17) is 9.15 Å². The molecule has 3 aromatic rings. The number of carbonyl (C=O) groups is 3. The molecular weight excluding hydrogens is 460 g/mol. The molecule has 1 aromatic heterocycles. The molecule has 4 rings (SSSR count). The van der Waals surface area contributed by atoms with E-state index in [-0.39, 0.29) is 17.1 Å². The monoisotopic (exact) mass is 478 g/mol. The van der Waals surface area contributed by atoms with Crippen molar-refractivity contribution in [2.45, 2.75) is 13.5 Å². The molecule has 34 heavy (non-hydrogen) atoms. The van der Waals surface area contributed by atoms with E-state index in [0.717, 1.165) is 22.2 Å². The smallest absolute Gasteiger partial charge is 0.338 e. The predicted molar refractivity (Wildman–Crippen MR) is 125 cm³/mol. The highest BCUT2D eigenvalue weighted by Crippen LogP contribution is 2.34. The standard InChI is InChI=1S/C24H18N2O7S/c1-2-32-23(28)17-7-5-16(6-8-17)20-12-11-19(33-20)13-21-22(27)25(24(29)34-21)14-15-3-9-18(10-4-15)26(30)31/h3-13H,2,14H2,1H3/b21-13-. The molecule has 172 valence electrons. The number of non-ortho nitro benzene ring substituents is 1. The number of carbonyl (C=O) groups excluding carboxylic acids is 3. The molecule has 10 heteroatoms. The lowest BCUT2D eigenvalue weighted by Gasteiger charge is -2.12. The predicted octanol–water partition coefficient (Wildman–Crippen LogP) is 5.27.